The van der Waals surface area contributed by atoms with Crippen LogP contribution in [0.3, 0.4) is 0 Å². The molecule has 0 fully saturated rings. The molecule has 1 aromatic carbocycles. The molecule has 0 aliphatic carbocycles. The maximum Gasteiger partial charge on any atom is 0.471 e. The molecule has 0 saturated carbocycles. The average molecular weight is 340 g/mol. The molecule has 0 saturated heterocycles. The number of nitrogens with zero attached hydrogens (tertiary/aromatic N) is 1. The van der Waals surface area contributed by atoms with Crippen molar-refractivity contribution in [1.29, 1.82) is 5.26 Å². The number of alkyl halides is 3. The van der Waals surface area contributed by atoms with Crippen LogP contribution >= 0.6 is 0 Å². The third kappa shape index (κ3) is 6.12. The molecule has 1 aromatic rings. The number of halogens is 3. The van der Waals surface area contributed by atoms with E-state index in [9.17, 15) is 22.8 Å². The van der Waals surface area contributed by atoms with Gasteiger partial charge in [0.25, 0.3) is 0 Å². The van der Waals surface area contributed by atoms with Gasteiger partial charge in [0.1, 0.15) is 11.6 Å². The number of carbonyl (C=O) groups is 2. The van der Waals surface area contributed by atoms with Gasteiger partial charge < -0.3 is 10.1 Å². The van der Waals surface area contributed by atoms with E-state index < -0.39 is 18.1 Å². The van der Waals surface area contributed by atoms with E-state index in [0.717, 1.165) is 6.42 Å². The van der Waals surface area contributed by atoms with Crippen LogP contribution in [0.25, 0.3) is 6.08 Å². The van der Waals surface area contributed by atoms with Crippen molar-refractivity contribution in [2.24, 2.45) is 0 Å². The van der Waals surface area contributed by atoms with Gasteiger partial charge in [0.15, 0.2) is 0 Å². The fourth-order valence-corrected chi connectivity index (χ4v) is 1.60. The van der Waals surface area contributed by atoms with Gasteiger partial charge in [-0.2, -0.15) is 18.4 Å². The van der Waals surface area contributed by atoms with Gasteiger partial charge >= 0.3 is 18.1 Å². The third-order valence-electron chi connectivity index (χ3n) is 2.78. The van der Waals surface area contributed by atoms with Crippen molar-refractivity contribution in [3.05, 3.63) is 35.4 Å². The minimum absolute atomic E-state index is 0.109. The number of rotatable bonds is 6. The van der Waals surface area contributed by atoms with Crippen molar-refractivity contribution >= 4 is 23.6 Å². The summed E-state index contributed by atoms with van der Waals surface area (Å²) < 4.78 is 41.6. The molecule has 0 atom stereocenters. The van der Waals surface area contributed by atoms with Crippen LogP contribution in [0.5, 0.6) is 0 Å². The topological polar surface area (TPSA) is 79.2 Å². The number of benzene rings is 1. The first kappa shape index (κ1) is 19.2. The molecule has 0 aliphatic rings. The van der Waals surface area contributed by atoms with E-state index in [1.165, 1.54) is 30.3 Å². The number of ether oxygens (including phenoxy) is 1. The normalized spacial score (nSPS) is 11.5. The van der Waals surface area contributed by atoms with Crippen molar-refractivity contribution < 1.29 is 27.5 Å². The Morgan fingerprint density at radius 3 is 2.67 bits per heavy atom. The van der Waals surface area contributed by atoms with Gasteiger partial charge in [0, 0.05) is 5.69 Å². The standard InChI is InChI=1S/C16H15F3N2O3/c1-2-3-7-24-14(22)12(10-20)8-11-5-4-6-13(9-11)21-15(23)16(17,18)19/h4-6,8-9H,2-3,7H2,1H3,(H,21,23)/b12-8+. The Morgan fingerprint density at radius 2 is 2.08 bits per heavy atom. The Labute approximate surface area is 136 Å². The van der Waals surface area contributed by atoms with E-state index in [-0.39, 0.29) is 23.4 Å². The minimum Gasteiger partial charge on any atom is -0.462 e. The van der Waals surface area contributed by atoms with Crippen LogP contribution in [-0.4, -0.2) is 24.7 Å². The van der Waals surface area contributed by atoms with Crippen molar-refractivity contribution in [3.63, 3.8) is 0 Å². The zero-order chi connectivity index (χ0) is 18.2. The second-order valence-corrected chi connectivity index (χ2v) is 4.74. The molecular weight excluding hydrogens is 325 g/mol. The van der Waals surface area contributed by atoms with Crippen LogP contribution in [0.1, 0.15) is 25.3 Å². The van der Waals surface area contributed by atoms with Gasteiger partial charge in [-0.25, -0.2) is 4.79 Å². The largest absolute Gasteiger partial charge is 0.471 e. The van der Waals surface area contributed by atoms with Crippen molar-refractivity contribution in [1.82, 2.24) is 0 Å². The van der Waals surface area contributed by atoms with Gasteiger partial charge in [0.2, 0.25) is 0 Å². The fourth-order valence-electron chi connectivity index (χ4n) is 1.60. The Morgan fingerprint density at radius 1 is 1.38 bits per heavy atom. The summed E-state index contributed by atoms with van der Waals surface area (Å²) in [5.41, 5.74) is -0.118. The zero-order valence-electron chi connectivity index (χ0n) is 12.8. The summed E-state index contributed by atoms with van der Waals surface area (Å²) >= 11 is 0. The lowest BCUT2D eigenvalue weighted by molar-refractivity contribution is -0.167. The second-order valence-electron chi connectivity index (χ2n) is 4.74. The lowest BCUT2D eigenvalue weighted by atomic mass is 10.1. The first-order valence-electron chi connectivity index (χ1n) is 7.05. The first-order chi connectivity index (χ1) is 11.3. The summed E-state index contributed by atoms with van der Waals surface area (Å²) in [7, 11) is 0. The molecule has 0 bridgehead atoms. The van der Waals surface area contributed by atoms with Crippen LogP contribution in [0.15, 0.2) is 29.8 Å². The molecule has 0 heterocycles. The van der Waals surface area contributed by atoms with Gasteiger partial charge in [-0.15, -0.1) is 0 Å². The quantitative estimate of drug-likeness (QED) is 0.372. The molecule has 0 aromatic heterocycles. The molecule has 0 spiro atoms. The summed E-state index contributed by atoms with van der Waals surface area (Å²) in [6.45, 7) is 2.09. The Hall–Kier alpha value is -2.82. The van der Waals surface area contributed by atoms with Crippen molar-refractivity contribution in [2.75, 3.05) is 11.9 Å². The van der Waals surface area contributed by atoms with Gasteiger partial charge in [0.05, 0.1) is 6.61 Å². The smallest absolute Gasteiger partial charge is 0.462 e. The molecule has 1 N–H and O–H groups in total. The summed E-state index contributed by atoms with van der Waals surface area (Å²) in [5.74, 6) is -2.92. The Kier molecular flexibility index (Phi) is 6.98. The van der Waals surface area contributed by atoms with Crippen molar-refractivity contribution in [2.45, 2.75) is 25.9 Å². The lowest BCUT2D eigenvalue weighted by Crippen LogP contribution is -2.29. The molecule has 0 radical (unpaired) electrons. The fraction of sp³-hybridized carbons (Fsp3) is 0.312. The predicted octanol–water partition coefficient (Wildman–Crippen LogP) is 3.44. The maximum absolute atomic E-state index is 12.2. The number of anilines is 1. The molecule has 8 heteroatoms. The lowest BCUT2D eigenvalue weighted by Gasteiger charge is -2.08. The molecule has 5 nitrogen and oxygen atoms in total. The molecule has 24 heavy (non-hydrogen) atoms. The molecule has 1 amide bonds. The zero-order valence-corrected chi connectivity index (χ0v) is 12.8. The SMILES string of the molecule is CCCCOC(=O)/C(C#N)=C/c1cccc(NC(=O)C(F)(F)F)c1. The summed E-state index contributed by atoms with van der Waals surface area (Å²) in [6, 6.07) is 7.00. The van der Waals surface area contributed by atoms with Crippen LogP contribution in [-0.2, 0) is 14.3 Å². The monoisotopic (exact) mass is 340 g/mol. The number of unbranched alkanes of at least 4 members (excludes halogenated alkanes) is 1. The first-order valence-corrected chi connectivity index (χ1v) is 7.05. The highest BCUT2D eigenvalue weighted by Crippen LogP contribution is 2.20. The number of carbonyl (C=O) groups excluding carboxylic acids is 2. The summed E-state index contributed by atoms with van der Waals surface area (Å²) in [4.78, 5) is 22.6. The highest BCUT2D eigenvalue weighted by atomic mass is 19.4. The van der Waals surface area contributed by atoms with E-state index in [1.54, 1.807) is 11.4 Å². The summed E-state index contributed by atoms with van der Waals surface area (Å²) in [5, 5.41) is 10.7. The van der Waals surface area contributed by atoms with E-state index >= 15 is 0 Å². The molecule has 0 unspecified atom stereocenters. The Bertz CT molecular complexity index is 676. The highest BCUT2D eigenvalue weighted by molar-refractivity contribution is 5.98. The predicted molar refractivity (Wildman–Crippen MR) is 80.6 cm³/mol. The molecule has 1 rings (SSSR count). The minimum atomic E-state index is -5.01. The molecule has 0 aliphatic heterocycles. The summed E-state index contributed by atoms with van der Waals surface area (Å²) in [6.07, 6.45) is -2.35. The van der Waals surface area contributed by atoms with Crippen LogP contribution in [0.4, 0.5) is 18.9 Å². The number of amides is 1. The van der Waals surface area contributed by atoms with Gasteiger partial charge in [-0.05, 0) is 30.2 Å². The molecular formula is C16H15F3N2O3. The molecule has 128 valence electrons. The van der Waals surface area contributed by atoms with E-state index in [0.29, 0.717) is 6.42 Å². The average Bonchev–Trinajstić information content (AvgIpc) is 2.52. The van der Waals surface area contributed by atoms with E-state index in [1.807, 2.05) is 6.92 Å². The highest BCUT2D eigenvalue weighted by Gasteiger charge is 2.38. The third-order valence-corrected chi connectivity index (χ3v) is 2.78. The number of hydrogen-bond acceptors (Lipinski definition) is 4. The van der Waals surface area contributed by atoms with Gasteiger partial charge in [-0.3, -0.25) is 4.79 Å². The number of hydrogen-bond donors (Lipinski definition) is 1. The second kappa shape index (κ2) is 8.72. The van der Waals surface area contributed by atoms with E-state index in [4.69, 9.17) is 10.00 Å². The van der Waals surface area contributed by atoms with Crippen LogP contribution in [0, 0.1) is 11.3 Å². The maximum atomic E-state index is 12.2. The Balaban J connectivity index is 2.89. The van der Waals surface area contributed by atoms with Crippen molar-refractivity contribution in [3.8, 4) is 6.07 Å². The van der Waals surface area contributed by atoms with Crippen LogP contribution < -0.4 is 5.32 Å². The number of nitrogens with one attached hydrogen (secondary N) is 1. The number of nitriles is 1. The van der Waals surface area contributed by atoms with Crippen LogP contribution in [0.2, 0.25) is 0 Å². The van der Waals surface area contributed by atoms with Gasteiger partial charge in [-0.1, -0.05) is 25.5 Å². The number of esters is 1. The van der Waals surface area contributed by atoms with E-state index in [2.05, 4.69) is 0 Å².